The lowest BCUT2D eigenvalue weighted by Gasteiger charge is -2.27. The van der Waals surface area contributed by atoms with E-state index in [0.717, 1.165) is 105 Å². The average molecular weight is 806 g/mol. The minimum atomic E-state index is 0.880. The van der Waals surface area contributed by atoms with Gasteiger partial charge in [-0.05, 0) is 111 Å². The highest BCUT2D eigenvalue weighted by Crippen LogP contribution is 2.43. The van der Waals surface area contributed by atoms with E-state index < -0.39 is 0 Å². The summed E-state index contributed by atoms with van der Waals surface area (Å²) in [4.78, 5) is 2.36. The van der Waals surface area contributed by atoms with Crippen LogP contribution >= 0.6 is 0 Å². The molecule has 12 aromatic rings. The van der Waals surface area contributed by atoms with Crippen LogP contribution in [0.5, 0.6) is 0 Å². The van der Waals surface area contributed by atoms with E-state index in [4.69, 9.17) is 8.83 Å². The molecule has 3 heteroatoms. The molecule has 12 rings (SSSR count). The smallest absolute Gasteiger partial charge is 0.143 e. The molecule has 0 atom stereocenters. The molecule has 296 valence electrons. The van der Waals surface area contributed by atoms with Crippen LogP contribution in [-0.2, 0) is 0 Å². The third-order valence-corrected chi connectivity index (χ3v) is 12.2. The summed E-state index contributed by atoms with van der Waals surface area (Å²) in [6.07, 6.45) is 0. The lowest BCUT2D eigenvalue weighted by Crippen LogP contribution is -2.10. The molecule has 0 fully saturated rings. The Morgan fingerprint density at radius 1 is 0.238 bits per heavy atom. The van der Waals surface area contributed by atoms with Gasteiger partial charge < -0.3 is 13.7 Å². The number of para-hydroxylation sites is 4. The Kier molecular flexibility index (Phi) is 8.83. The van der Waals surface area contributed by atoms with Gasteiger partial charge in [-0.2, -0.15) is 0 Å². The van der Waals surface area contributed by atoms with Crippen LogP contribution in [0.2, 0.25) is 0 Å². The van der Waals surface area contributed by atoms with Crippen molar-refractivity contribution in [1.29, 1.82) is 0 Å². The molecular formula is C60H39NO2. The number of nitrogens with zero attached hydrogens (tertiary/aromatic N) is 1. The van der Waals surface area contributed by atoms with Crippen molar-refractivity contribution < 1.29 is 8.83 Å². The van der Waals surface area contributed by atoms with E-state index in [2.05, 4.69) is 217 Å². The summed E-state index contributed by atoms with van der Waals surface area (Å²) in [5.74, 6) is 0. The van der Waals surface area contributed by atoms with Crippen LogP contribution in [0.4, 0.5) is 17.1 Å². The van der Waals surface area contributed by atoms with Gasteiger partial charge in [0.15, 0.2) is 0 Å². The fourth-order valence-electron chi connectivity index (χ4n) is 9.21. The van der Waals surface area contributed by atoms with Gasteiger partial charge in [-0.15, -0.1) is 0 Å². The molecule has 0 N–H and O–H groups in total. The van der Waals surface area contributed by atoms with E-state index in [-0.39, 0.29) is 0 Å². The first kappa shape index (κ1) is 36.5. The Hall–Kier alpha value is -8.40. The highest BCUT2D eigenvalue weighted by molar-refractivity contribution is 6.11. The zero-order valence-corrected chi connectivity index (χ0v) is 34.3. The van der Waals surface area contributed by atoms with Crippen molar-refractivity contribution in [2.75, 3.05) is 4.90 Å². The highest BCUT2D eigenvalue weighted by Gasteiger charge is 2.19. The molecule has 0 saturated carbocycles. The Morgan fingerprint density at radius 2 is 0.635 bits per heavy atom. The van der Waals surface area contributed by atoms with Gasteiger partial charge in [0.05, 0.1) is 0 Å². The van der Waals surface area contributed by atoms with E-state index >= 15 is 0 Å². The molecular weight excluding hydrogens is 767 g/mol. The third kappa shape index (κ3) is 6.55. The molecule has 0 spiro atoms. The van der Waals surface area contributed by atoms with Crippen molar-refractivity contribution in [3.63, 3.8) is 0 Å². The summed E-state index contributed by atoms with van der Waals surface area (Å²) in [5.41, 5.74) is 17.9. The molecule has 0 aliphatic rings. The topological polar surface area (TPSA) is 29.5 Å². The molecule has 0 radical (unpaired) electrons. The summed E-state index contributed by atoms with van der Waals surface area (Å²) in [5, 5.41) is 4.43. The Balaban J connectivity index is 1.02. The van der Waals surface area contributed by atoms with Gasteiger partial charge in [0, 0.05) is 49.7 Å². The minimum absolute atomic E-state index is 0.880. The predicted molar refractivity (Wildman–Crippen MR) is 263 cm³/mol. The first-order chi connectivity index (χ1) is 31.2. The molecule has 2 aromatic heterocycles. The Morgan fingerprint density at radius 3 is 1.14 bits per heavy atom. The van der Waals surface area contributed by atoms with Crippen molar-refractivity contribution in [1.82, 2.24) is 0 Å². The number of anilines is 3. The maximum Gasteiger partial charge on any atom is 0.143 e. The lowest BCUT2D eigenvalue weighted by molar-refractivity contribution is 0.670. The van der Waals surface area contributed by atoms with Crippen LogP contribution in [0.25, 0.3) is 99.5 Å². The molecule has 10 aromatic carbocycles. The normalized spacial score (nSPS) is 11.5. The summed E-state index contributed by atoms with van der Waals surface area (Å²) >= 11 is 0. The van der Waals surface area contributed by atoms with Gasteiger partial charge in [0.1, 0.15) is 22.3 Å². The number of hydrogen-bond acceptors (Lipinski definition) is 3. The molecule has 0 amide bonds. The van der Waals surface area contributed by atoms with Crippen molar-refractivity contribution in [2.45, 2.75) is 0 Å². The predicted octanol–water partition coefficient (Wildman–Crippen LogP) is 17.3. The number of furan rings is 2. The Labute approximate surface area is 365 Å². The van der Waals surface area contributed by atoms with Crippen LogP contribution in [0, 0.1) is 0 Å². The average Bonchev–Trinajstić information content (AvgIpc) is 3.94. The first-order valence-electron chi connectivity index (χ1n) is 21.4. The van der Waals surface area contributed by atoms with Gasteiger partial charge in [0.25, 0.3) is 0 Å². The molecule has 0 saturated heterocycles. The van der Waals surface area contributed by atoms with E-state index in [1.807, 2.05) is 24.3 Å². The largest absolute Gasteiger partial charge is 0.455 e. The third-order valence-electron chi connectivity index (χ3n) is 12.2. The van der Waals surface area contributed by atoms with Crippen molar-refractivity contribution in [3.05, 3.63) is 237 Å². The van der Waals surface area contributed by atoms with E-state index in [0.29, 0.717) is 0 Å². The van der Waals surface area contributed by atoms with Gasteiger partial charge in [-0.3, -0.25) is 0 Å². The fraction of sp³-hybridized carbons (Fsp3) is 0. The molecule has 0 unspecified atom stereocenters. The van der Waals surface area contributed by atoms with Gasteiger partial charge >= 0.3 is 0 Å². The monoisotopic (exact) mass is 805 g/mol. The van der Waals surface area contributed by atoms with Gasteiger partial charge in [-0.25, -0.2) is 0 Å². The maximum absolute atomic E-state index is 6.61. The zero-order valence-electron chi connectivity index (χ0n) is 34.3. The van der Waals surface area contributed by atoms with Crippen molar-refractivity contribution in [2.24, 2.45) is 0 Å². The number of rotatable bonds is 8. The van der Waals surface area contributed by atoms with Crippen LogP contribution in [-0.4, -0.2) is 0 Å². The fourth-order valence-corrected chi connectivity index (χ4v) is 9.21. The van der Waals surface area contributed by atoms with Crippen molar-refractivity contribution in [3.8, 4) is 55.6 Å². The highest BCUT2D eigenvalue weighted by atomic mass is 16.3. The van der Waals surface area contributed by atoms with Crippen LogP contribution in [0.3, 0.4) is 0 Å². The van der Waals surface area contributed by atoms with E-state index in [1.165, 1.54) is 11.1 Å². The summed E-state index contributed by atoms with van der Waals surface area (Å²) < 4.78 is 13.2. The SMILES string of the molecule is c1ccc(-c2cccc(N(c3ccc(-c4cc(-c5cccc6c5oc5ccccc56)cc(-c5cccc6c5oc5ccccc56)c4)cc3)c3cccc(-c4ccccc4)c3)c2)cc1. The second-order valence-electron chi connectivity index (χ2n) is 16.1. The summed E-state index contributed by atoms with van der Waals surface area (Å²) in [6, 6.07) is 84.1. The number of benzene rings is 10. The van der Waals surface area contributed by atoms with Crippen molar-refractivity contribution >= 4 is 60.9 Å². The van der Waals surface area contributed by atoms with E-state index in [9.17, 15) is 0 Å². The maximum atomic E-state index is 6.61. The standard InChI is InChI=1S/C60H39NO2/c1-3-15-40(16-4-1)43-19-11-21-49(38-43)61(50-22-12-20-44(39-50)41-17-5-2-6-18-41)48-33-31-42(32-34-48)45-35-46(51-25-13-27-55-53-23-7-9-29-57(53)62-59(51)55)37-47(36-45)52-26-14-28-56-54-24-8-10-30-58(54)63-60(52)56/h1-39H. The molecule has 63 heavy (non-hydrogen) atoms. The quantitative estimate of drug-likeness (QED) is 0.153. The summed E-state index contributed by atoms with van der Waals surface area (Å²) in [7, 11) is 0. The lowest BCUT2D eigenvalue weighted by atomic mass is 9.92. The Bertz CT molecular complexity index is 3400. The molecule has 0 aliphatic carbocycles. The minimum Gasteiger partial charge on any atom is -0.455 e. The van der Waals surface area contributed by atoms with E-state index in [1.54, 1.807) is 0 Å². The molecule has 0 bridgehead atoms. The molecule has 2 heterocycles. The second-order valence-corrected chi connectivity index (χ2v) is 16.1. The molecule has 0 aliphatic heterocycles. The summed E-state index contributed by atoms with van der Waals surface area (Å²) in [6.45, 7) is 0. The first-order valence-corrected chi connectivity index (χ1v) is 21.4. The number of fused-ring (bicyclic) bond motifs is 6. The molecule has 3 nitrogen and oxygen atoms in total. The van der Waals surface area contributed by atoms with Crippen LogP contribution in [0.1, 0.15) is 0 Å². The van der Waals surface area contributed by atoms with Gasteiger partial charge in [-0.1, -0.05) is 170 Å². The number of hydrogen-bond donors (Lipinski definition) is 0. The zero-order chi connectivity index (χ0) is 41.7. The second kappa shape index (κ2) is 15.3. The van der Waals surface area contributed by atoms with Crippen LogP contribution in [0.15, 0.2) is 245 Å². The van der Waals surface area contributed by atoms with Crippen LogP contribution < -0.4 is 4.90 Å². The van der Waals surface area contributed by atoms with Gasteiger partial charge in [0.2, 0.25) is 0 Å².